The number of aromatic nitrogens is 1. The Morgan fingerprint density at radius 2 is 2.00 bits per heavy atom. The minimum Gasteiger partial charge on any atom is -0.293 e. The van der Waals surface area contributed by atoms with Crippen LogP contribution in [-0.4, -0.2) is 16.5 Å². The molecule has 5 heteroatoms. The van der Waals surface area contributed by atoms with Crippen molar-refractivity contribution in [3.05, 3.63) is 58.4 Å². The molecule has 0 amide bonds. The lowest BCUT2D eigenvalue weighted by Crippen LogP contribution is -2.02. The first-order chi connectivity index (χ1) is 8.66. The van der Waals surface area contributed by atoms with Crippen molar-refractivity contribution < 1.29 is 9.18 Å². The minimum atomic E-state index is -0.341. The fraction of sp³-hybridized carbons (Fsp3) is 0.0769. The van der Waals surface area contributed by atoms with E-state index < -0.39 is 0 Å². The largest absolute Gasteiger partial charge is 0.293 e. The predicted octanol–water partition coefficient (Wildman–Crippen LogP) is 3.96. The molecule has 0 N–H and O–H groups in total. The molecular formula is C13H9BrFNOS. The van der Waals surface area contributed by atoms with Gasteiger partial charge in [-0.1, -0.05) is 11.8 Å². The van der Waals surface area contributed by atoms with Crippen LogP contribution < -0.4 is 0 Å². The molecule has 2 aromatic rings. The van der Waals surface area contributed by atoms with Crippen LogP contribution in [0.4, 0.5) is 4.39 Å². The highest BCUT2D eigenvalue weighted by molar-refractivity contribution is 9.10. The molecule has 1 aromatic carbocycles. The number of hydrogen-bond acceptors (Lipinski definition) is 3. The number of carbonyl (C=O) groups excluding carboxylic acids is 1. The van der Waals surface area contributed by atoms with E-state index >= 15 is 0 Å². The molecule has 2 rings (SSSR count). The fourth-order valence-electron chi connectivity index (χ4n) is 1.33. The predicted molar refractivity (Wildman–Crippen MR) is 73.4 cm³/mol. The first-order valence-corrected chi connectivity index (χ1v) is 6.97. The Morgan fingerprint density at radius 3 is 2.67 bits per heavy atom. The zero-order chi connectivity index (χ0) is 13.0. The van der Waals surface area contributed by atoms with Gasteiger partial charge in [-0.25, -0.2) is 9.37 Å². The van der Waals surface area contributed by atoms with Gasteiger partial charge < -0.3 is 0 Å². The van der Waals surface area contributed by atoms with Crippen molar-refractivity contribution in [1.29, 1.82) is 0 Å². The summed E-state index contributed by atoms with van der Waals surface area (Å²) in [6.07, 6.45) is 1.68. The molecule has 1 heterocycles. The lowest BCUT2D eigenvalue weighted by Gasteiger charge is -2.02. The van der Waals surface area contributed by atoms with Gasteiger partial charge in [0.25, 0.3) is 0 Å². The second-order valence-electron chi connectivity index (χ2n) is 3.51. The number of ketones is 1. The quantitative estimate of drug-likeness (QED) is 0.629. The third-order valence-corrected chi connectivity index (χ3v) is 4.14. The average Bonchev–Trinajstić information content (AvgIpc) is 2.38. The first kappa shape index (κ1) is 13.2. The molecule has 0 bridgehead atoms. The van der Waals surface area contributed by atoms with Gasteiger partial charge in [0.2, 0.25) is 0 Å². The number of thioether (sulfide) groups is 1. The highest BCUT2D eigenvalue weighted by atomic mass is 79.9. The van der Waals surface area contributed by atoms with Crippen molar-refractivity contribution in [3.8, 4) is 0 Å². The van der Waals surface area contributed by atoms with Crippen molar-refractivity contribution in [2.24, 2.45) is 0 Å². The van der Waals surface area contributed by atoms with Crippen LogP contribution in [0.5, 0.6) is 0 Å². The van der Waals surface area contributed by atoms with Gasteiger partial charge in [0, 0.05) is 16.2 Å². The van der Waals surface area contributed by atoms with E-state index in [1.54, 1.807) is 6.20 Å². The first-order valence-electron chi connectivity index (χ1n) is 5.19. The standard InChI is InChI=1S/C13H9BrFNOS/c14-11-2-1-7-16-13(11)18-8-12(17)9-3-5-10(15)6-4-9/h1-7H,8H2. The monoisotopic (exact) mass is 325 g/mol. The zero-order valence-corrected chi connectivity index (χ0v) is 11.7. The highest BCUT2D eigenvalue weighted by Gasteiger charge is 2.08. The number of benzene rings is 1. The van der Waals surface area contributed by atoms with Gasteiger partial charge in [-0.15, -0.1) is 0 Å². The van der Waals surface area contributed by atoms with E-state index in [-0.39, 0.29) is 17.4 Å². The Morgan fingerprint density at radius 1 is 1.28 bits per heavy atom. The van der Waals surface area contributed by atoms with E-state index in [4.69, 9.17) is 0 Å². The minimum absolute atomic E-state index is 0.0439. The average molecular weight is 326 g/mol. The molecular weight excluding hydrogens is 317 g/mol. The number of nitrogens with zero attached hydrogens (tertiary/aromatic N) is 1. The molecule has 0 radical (unpaired) electrons. The van der Waals surface area contributed by atoms with Crippen molar-refractivity contribution >= 4 is 33.5 Å². The molecule has 1 aromatic heterocycles. The van der Waals surface area contributed by atoms with E-state index in [1.165, 1.54) is 36.0 Å². The van der Waals surface area contributed by atoms with Crippen molar-refractivity contribution in [2.75, 3.05) is 5.75 Å². The molecule has 0 aliphatic rings. The number of pyridine rings is 1. The van der Waals surface area contributed by atoms with Gasteiger partial charge in [-0.2, -0.15) is 0 Å². The van der Waals surface area contributed by atoms with E-state index in [2.05, 4.69) is 20.9 Å². The molecule has 0 aliphatic carbocycles. The number of carbonyl (C=O) groups is 1. The maximum Gasteiger partial charge on any atom is 0.173 e. The van der Waals surface area contributed by atoms with Crippen molar-refractivity contribution in [3.63, 3.8) is 0 Å². The van der Waals surface area contributed by atoms with E-state index in [0.29, 0.717) is 5.56 Å². The van der Waals surface area contributed by atoms with Crippen molar-refractivity contribution in [1.82, 2.24) is 4.98 Å². The second kappa shape index (κ2) is 6.11. The molecule has 0 saturated heterocycles. The molecule has 18 heavy (non-hydrogen) atoms. The summed E-state index contributed by atoms with van der Waals surface area (Å²) in [5.74, 6) is -0.106. The van der Waals surface area contributed by atoms with Crippen molar-refractivity contribution in [2.45, 2.75) is 5.03 Å². The molecule has 92 valence electrons. The summed E-state index contributed by atoms with van der Waals surface area (Å²) in [7, 11) is 0. The van der Waals surface area contributed by atoms with Gasteiger partial charge in [0.1, 0.15) is 10.8 Å². The Kier molecular flexibility index (Phi) is 4.49. The Labute approximate surface area is 117 Å². The number of rotatable bonds is 4. The van der Waals surface area contributed by atoms with Crippen LogP contribution in [0.25, 0.3) is 0 Å². The van der Waals surface area contributed by atoms with Crippen LogP contribution in [0, 0.1) is 5.82 Å². The van der Waals surface area contributed by atoms with Gasteiger partial charge >= 0.3 is 0 Å². The van der Waals surface area contributed by atoms with Crippen LogP contribution >= 0.6 is 27.7 Å². The van der Waals surface area contributed by atoms with E-state index in [0.717, 1.165) is 9.50 Å². The van der Waals surface area contributed by atoms with Crippen LogP contribution in [0.1, 0.15) is 10.4 Å². The number of halogens is 2. The summed E-state index contributed by atoms with van der Waals surface area (Å²) in [6, 6.07) is 9.24. The maximum atomic E-state index is 12.7. The molecule has 0 saturated carbocycles. The Bertz CT molecular complexity index is 559. The molecule has 0 fully saturated rings. The van der Waals surface area contributed by atoms with Crippen LogP contribution in [0.3, 0.4) is 0 Å². The third kappa shape index (κ3) is 3.40. The molecule has 0 unspecified atom stereocenters. The topological polar surface area (TPSA) is 30.0 Å². The summed E-state index contributed by atoms with van der Waals surface area (Å²) in [6.45, 7) is 0. The smallest absolute Gasteiger partial charge is 0.173 e. The lowest BCUT2D eigenvalue weighted by molar-refractivity contribution is 0.102. The Balaban J connectivity index is 2.01. The Hall–Kier alpha value is -1.20. The van der Waals surface area contributed by atoms with Gasteiger partial charge in [0.05, 0.1) is 5.75 Å². The zero-order valence-electron chi connectivity index (χ0n) is 9.27. The maximum absolute atomic E-state index is 12.7. The molecule has 2 nitrogen and oxygen atoms in total. The molecule has 0 aliphatic heterocycles. The van der Waals surface area contributed by atoms with E-state index in [1.807, 2.05) is 12.1 Å². The summed E-state index contributed by atoms with van der Waals surface area (Å²) in [5.41, 5.74) is 0.510. The van der Waals surface area contributed by atoms with Gasteiger partial charge in [-0.05, 0) is 52.3 Å². The van der Waals surface area contributed by atoms with Gasteiger partial charge in [-0.3, -0.25) is 4.79 Å². The van der Waals surface area contributed by atoms with Crippen LogP contribution in [-0.2, 0) is 0 Å². The summed E-state index contributed by atoms with van der Waals surface area (Å²) in [4.78, 5) is 16.0. The number of Topliss-reactive ketones (excluding diaryl/α,β-unsaturated/α-hetero) is 1. The molecule has 0 spiro atoms. The second-order valence-corrected chi connectivity index (χ2v) is 5.33. The van der Waals surface area contributed by atoms with Crippen LogP contribution in [0.15, 0.2) is 52.1 Å². The van der Waals surface area contributed by atoms with Gasteiger partial charge in [0.15, 0.2) is 5.78 Å². The summed E-state index contributed by atoms with van der Waals surface area (Å²) < 4.78 is 13.6. The highest BCUT2D eigenvalue weighted by Crippen LogP contribution is 2.25. The lowest BCUT2D eigenvalue weighted by atomic mass is 10.1. The summed E-state index contributed by atoms with van der Waals surface area (Å²) >= 11 is 4.72. The summed E-state index contributed by atoms with van der Waals surface area (Å²) in [5, 5.41) is 0.771. The van der Waals surface area contributed by atoms with Crippen LogP contribution in [0.2, 0.25) is 0 Å². The SMILES string of the molecule is O=C(CSc1ncccc1Br)c1ccc(F)cc1. The normalized spacial score (nSPS) is 10.3. The number of hydrogen-bond donors (Lipinski definition) is 0. The molecule has 0 atom stereocenters. The third-order valence-electron chi connectivity index (χ3n) is 2.23. The van der Waals surface area contributed by atoms with E-state index in [9.17, 15) is 9.18 Å². The fourth-order valence-corrected chi connectivity index (χ4v) is 2.70.